The van der Waals surface area contributed by atoms with Crippen LogP contribution in [0.1, 0.15) is 41.7 Å². The zero-order chi connectivity index (χ0) is 20.9. The molecule has 0 bridgehead atoms. The molecule has 1 aromatic carbocycles. The Balaban J connectivity index is 1.26. The van der Waals surface area contributed by atoms with Gasteiger partial charge in [-0.25, -0.2) is 4.68 Å². The number of nitrogens with zero attached hydrogens (tertiary/aromatic N) is 5. The van der Waals surface area contributed by atoms with Gasteiger partial charge >= 0.3 is 0 Å². The molecule has 0 spiro atoms. The standard InChI is InChI=1S/C22H28N6O2/c1-26(21(29)10-9-17-15-23-19-8-4-3-7-18(17)19)13-14-28-16-20(24-25-28)22(30)27-11-5-2-6-12-27/h3-4,7-8,15-16,23H,2,5-6,9-14H2,1H3. The van der Waals surface area contributed by atoms with Crippen LogP contribution in [0, 0.1) is 0 Å². The highest BCUT2D eigenvalue weighted by molar-refractivity contribution is 5.92. The zero-order valence-electron chi connectivity index (χ0n) is 17.4. The number of amides is 2. The fourth-order valence-electron chi connectivity index (χ4n) is 3.91. The third-order valence-electron chi connectivity index (χ3n) is 5.77. The summed E-state index contributed by atoms with van der Waals surface area (Å²) in [4.78, 5) is 31.8. The molecule has 3 heterocycles. The van der Waals surface area contributed by atoms with Gasteiger partial charge in [0.2, 0.25) is 5.91 Å². The van der Waals surface area contributed by atoms with Crippen molar-refractivity contribution >= 4 is 22.7 Å². The molecule has 0 saturated carbocycles. The van der Waals surface area contributed by atoms with E-state index < -0.39 is 0 Å². The second kappa shape index (κ2) is 9.11. The van der Waals surface area contributed by atoms with E-state index in [-0.39, 0.29) is 11.8 Å². The number of hydrogen-bond acceptors (Lipinski definition) is 4. The first kappa shape index (κ1) is 20.1. The molecular weight excluding hydrogens is 380 g/mol. The van der Waals surface area contributed by atoms with Crippen LogP contribution in [-0.4, -0.2) is 68.3 Å². The molecule has 0 aliphatic carbocycles. The van der Waals surface area contributed by atoms with E-state index in [1.54, 1.807) is 22.8 Å². The van der Waals surface area contributed by atoms with Gasteiger partial charge in [0.15, 0.2) is 5.69 Å². The van der Waals surface area contributed by atoms with Crippen LogP contribution >= 0.6 is 0 Å². The number of likely N-dealkylation sites (N-methyl/N-ethyl adjacent to an activating group) is 1. The molecule has 3 aromatic rings. The molecule has 0 radical (unpaired) electrons. The minimum atomic E-state index is -0.0517. The van der Waals surface area contributed by atoms with Crippen LogP contribution in [0.4, 0.5) is 0 Å². The highest BCUT2D eigenvalue weighted by atomic mass is 16.2. The van der Waals surface area contributed by atoms with E-state index >= 15 is 0 Å². The maximum absolute atomic E-state index is 12.5. The van der Waals surface area contributed by atoms with Crippen LogP contribution in [0.25, 0.3) is 10.9 Å². The second-order valence-electron chi connectivity index (χ2n) is 7.89. The number of nitrogens with one attached hydrogen (secondary N) is 1. The number of aromatic nitrogens is 4. The Hall–Kier alpha value is -3.16. The number of piperidine rings is 1. The Morgan fingerprint density at radius 2 is 1.97 bits per heavy atom. The molecule has 1 N–H and O–H groups in total. The number of likely N-dealkylation sites (tertiary alicyclic amines) is 1. The van der Waals surface area contributed by atoms with Crippen molar-refractivity contribution in [2.75, 3.05) is 26.7 Å². The first-order valence-electron chi connectivity index (χ1n) is 10.6. The summed E-state index contributed by atoms with van der Waals surface area (Å²) in [6.45, 7) is 2.61. The number of hydrogen-bond donors (Lipinski definition) is 1. The number of aromatic amines is 1. The summed E-state index contributed by atoms with van der Waals surface area (Å²) >= 11 is 0. The molecule has 2 aromatic heterocycles. The highest BCUT2D eigenvalue weighted by Gasteiger charge is 2.21. The normalized spacial score (nSPS) is 14.2. The number of carbonyl (C=O) groups excluding carboxylic acids is 2. The Morgan fingerprint density at radius 3 is 2.80 bits per heavy atom. The molecule has 1 fully saturated rings. The summed E-state index contributed by atoms with van der Waals surface area (Å²) in [6.07, 6.45) is 8.09. The highest BCUT2D eigenvalue weighted by Crippen LogP contribution is 2.19. The molecule has 1 aliphatic rings. The smallest absolute Gasteiger partial charge is 0.276 e. The van der Waals surface area contributed by atoms with Crippen LogP contribution in [-0.2, 0) is 17.8 Å². The average Bonchev–Trinajstić information content (AvgIpc) is 3.43. The van der Waals surface area contributed by atoms with Crippen molar-refractivity contribution in [2.45, 2.75) is 38.6 Å². The predicted molar refractivity (Wildman–Crippen MR) is 114 cm³/mol. The maximum Gasteiger partial charge on any atom is 0.276 e. The first-order chi connectivity index (χ1) is 14.6. The molecule has 8 nitrogen and oxygen atoms in total. The van der Waals surface area contributed by atoms with Crippen molar-refractivity contribution < 1.29 is 9.59 Å². The SMILES string of the molecule is CN(CCn1cc(C(=O)N2CCCCC2)nn1)C(=O)CCc1c[nH]c2ccccc12. The quantitative estimate of drug-likeness (QED) is 0.651. The first-order valence-corrected chi connectivity index (χ1v) is 10.6. The van der Waals surface area contributed by atoms with Crippen molar-refractivity contribution in [3.63, 3.8) is 0 Å². The Kier molecular flexibility index (Phi) is 6.11. The summed E-state index contributed by atoms with van der Waals surface area (Å²) in [5, 5.41) is 9.26. The number of para-hydroxylation sites is 1. The van der Waals surface area contributed by atoms with Gasteiger partial charge in [-0.3, -0.25) is 9.59 Å². The molecular formula is C22H28N6O2. The molecule has 30 heavy (non-hydrogen) atoms. The monoisotopic (exact) mass is 408 g/mol. The lowest BCUT2D eigenvalue weighted by molar-refractivity contribution is -0.130. The summed E-state index contributed by atoms with van der Waals surface area (Å²) in [6, 6.07) is 8.12. The van der Waals surface area contributed by atoms with Crippen molar-refractivity contribution in [1.82, 2.24) is 29.8 Å². The minimum Gasteiger partial charge on any atom is -0.361 e. The van der Waals surface area contributed by atoms with E-state index in [2.05, 4.69) is 21.4 Å². The average molecular weight is 409 g/mol. The molecule has 2 amide bonds. The van der Waals surface area contributed by atoms with Crippen molar-refractivity contribution in [3.8, 4) is 0 Å². The fraction of sp³-hybridized carbons (Fsp3) is 0.455. The van der Waals surface area contributed by atoms with E-state index in [4.69, 9.17) is 0 Å². The van der Waals surface area contributed by atoms with Gasteiger partial charge in [-0.05, 0) is 37.3 Å². The zero-order valence-corrected chi connectivity index (χ0v) is 17.4. The van der Waals surface area contributed by atoms with Crippen LogP contribution in [0.5, 0.6) is 0 Å². The van der Waals surface area contributed by atoms with E-state index in [0.29, 0.717) is 31.6 Å². The van der Waals surface area contributed by atoms with E-state index in [0.717, 1.165) is 37.0 Å². The Bertz CT molecular complexity index is 1020. The van der Waals surface area contributed by atoms with Gasteiger partial charge in [0.25, 0.3) is 5.91 Å². The van der Waals surface area contributed by atoms with Crippen LogP contribution in [0.3, 0.4) is 0 Å². The topological polar surface area (TPSA) is 87.1 Å². The van der Waals surface area contributed by atoms with Gasteiger partial charge in [0, 0.05) is 50.2 Å². The summed E-state index contributed by atoms with van der Waals surface area (Å²) in [7, 11) is 1.80. The third-order valence-corrected chi connectivity index (χ3v) is 5.77. The van der Waals surface area contributed by atoms with Crippen LogP contribution in [0.15, 0.2) is 36.7 Å². The predicted octanol–water partition coefficient (Wildman–Crippen LogP) is 2.48. The third kappa shape index (κ3) is 4.53. The minimum absolute atomic E-state index is 0.0517. The molecule has 1 aliphatic heterocycles. The maximum atomic E-state index is 12.5. The van der Waals surface area contributed by atoms with Gasteiger partial charge in [0.1, 0.15) is 0 Å². The van der Waals surface area contributed by atoms with E-state index in [1.165, 1.54) is 11.8 Å². The van der Waals surface area contributed by atoms with Gasteiger partial charge < -0.3 is 14.8 Å². The number of rotatable bonds is 7. The fourth-order valence-corrected chi connectivity index (χ4v) is 3.91. The van der Waals surface area contributed by atoms with Crippen LogP contribution < -0.4 is 0 Å². The summed E-state index contributed by atoms with van der Waals surface area (Å²) < 4.78 is 1.64. The van der Waals surface area contributed by atoms with E-state index in [9.17, 15) is 9.59 Å². The molecule has 4 rings (SSSR count). The summed E-state index contributed by atoms with van der Waals surface area (Å²) in [5.74, 6) is 0.0362. The molecule has 0 atom stereocenters. The largest absolute Gasteiger partial charge is 0.361 e. The van der Waals surface area contributed by atoms with Gasteiger partial charge in [-0.2, -0.15) is 0 Å². The molecule has 0 unspecified atom stereocenters. The van der Waals surface area contributed by atoms with Crippen molar-refractivity contribution in [3.05, 3.63) is 47.9 Å². The number of fused-ring (bicyclic) bond motifs is 1. The van der Waals surface area contributed by atoms with Gasteiger partial charge in [0.05, 0.1) is 12.7 Å². The van der Waals surface area contributed by atoms with Gasteiger partial charge in [-0.1, -0.05) is 23.4 Å². The number of carbonyl (C=O) groups is 2. The molecule has 1 saturated heterocycles. The lowest BCUT2D eigenvalue weighted by Crippen LogP contribution is -2.35. The number of benzene rings is 1. The second-order valence-corrected chi connectivity index (χ2v) is 7.89. The Morgan fingerprint density at radius 1 is 1.17 bits per heavy atom. The Labute approximate surface area is 175 Å². The number of aryl methyl sites for hydroxylation is 1. The van der Waals surface area contributed by atoms with Gasteiger partial charge in [-0.15, -0.1) is 5.10 Å². The molecule has 8 heteroatoms. The lowest BCUT2D eigenvalue weighted by atomic mass is 10.1. The van der Waals surface area contributed by atoms with Crippen LogP contribution in [0.2, 0.25) is 0 Å². The lowest BCUT2D eigenvalue weighted by Gasteiger charge is -2.25. The van der Waals surface area contributed by atoms with Crippen molar-refractivity contribution in [1.29, 1.82) is 0 Å². The van der Waals surface area contributed by atoms with E-state index in [1.807, 2.05) is 29.3 Å². The molecule has 158 valence electrons. The number of H-pyrrole nitrogens is 1. The van der Waals surface area contributed by atoms with Crippen molar-refractivity contribution in [2.24, 2.45) is 0 Å². The summed E-state index contributed by atoms with van der Waals surface area (Å²) in [5.41, 5.74) is 2.63.